The number of pyridine rings is 1. The average molecular weight is 490 g/mol. The highest BCUT2D eigenvalue weighted by Gasteiger charge is 2.35. The van der Waals surface area contributed by atoms with Crippen LogP contribution in [0.4, 0.5) is 17.5 Å². The smallest absolute Gasteiger partial charge is 0.252 e. The van der Waals surface area contributed by atoms with E-state index in [1.165, 1.54) is 0 Å². The highest BCUT2D eigenvalue weighted by atomic mass is 16.5. The Morgan fingerprint density at radius 1 is 1.31 bits per heavy atom. The molecule has 10 heteroatoms. The average Bonchev–Trinajstić information content (AvgIpc) is 3.21. The van der Waals surface area contributed by atoms with E-state index in [9.17, 15) is 9.90 Å². The van der Waals surface area contributed by atoms with Crippen LogP contribution in [0.3, 0.4) is 0 Å². The van der Waals surface area contributed by atoms with Crippen LogP contribution >= 0.6 is 0 Å². The fraction of sp³-hybridized carbons (Fsp3) is 0.385. The Kier molecular flexibility index (Phi) is 6.23. The topological polar surface area (TPSA) is 125 Å². The van der Waals surface area contributed by atoms with Gasteiger partial charge in [-0.1, -0.05) is 6.92 Å². The number of aliphatic hydroxyl groups is 1. The fourth-order valence-corrected chi connectivity index (χ4v) is 4.65. The van der Waals surface area contributed by atoms with Gasteiger partial charge in [-0.05, 0) is 37.7 Å². The molecule has 1 saturated heterocycles. The number of rotatable bonds is 7. The number of ether oxygens (including phenoxy) is 1. The molecule has 0 radical (unpaired) electrons. The molecule has 5 rings (SSSR count). The SMILES string of the molecule is COc1cc(Nc2nccc(-c3cnc4c(c3)C(C)(CO)CN4)n2)c(C)c(C(=O)NC2CN(C)C2)c1. The molecule has 2 aromatic heterocycles. The molecule has 10 nitrogen and oxygen atoms in total. The Hall–Kier alpha value is -3.76. The van der Waals surface area contributed by atoms with Crippen molar-refractivity contribution in [3.63, 3.8) is 0 Å². The van der Waals surface area contributed by atoms with Gasteiger partial charge in [0.2, 0.25) is 5.95 Å². The van der Waals surface area contributed by atoms with Gasteiger partial charge >= 0.3 is 0 Å². The quantitative estimate of drug-likeness (QED) is 0.396. The molecule has 2 aliphatic rings. The molecule has 36 heavy (non-hydrogen) atoms. The van der Waals surface area contributed by atoms with E-state index in [0.29, 0.717) is 35.2 Å². The number of hydrogen-bond donors (Lipinski definition) is 4. The molecule has 1 amide bonds. The Morgan fingerprint density at radius 3 is 2.83 bits per heavy atom. The monoisotopic (exact) mass is 489 g/mol. The zero-order valence-corrected chi connectivity index (χ0v) is 20.9. The van der Waals surface area contributed by atoms with E-state index in [4.69, 9.17) is 9.72 Å². The van der Waals surface area contributed by atoms with Gasteiger partial charge in [0, 0.05) is 65.9 Å². The van der Waals surface area contributed by atoms with Crippen LogP contribution in [0, 0.1) is 6.92 Å². The maximum atomic E-state index is 13.0. The summed E-state index contributed by atoms with van der Waals surface area (Å²) in [5.41, 5.74) is 4.10. The number of benzene rings is 1. The number of likely N-dealkylation sites (tertiary alicyclic amines) is 1. The van der Waals surface area contributed by atoms with Gasteiger partial charge in [-0.3, -0.25) is 4.79 Å². The van der Waals surface area contributed by atoms with E-state index in [0.717, 1.165) is 35.6 Å². The van der Waals surface area contributed by atoms with Crippen LogP contribution in [0.25, 0.3) is 11.3 Å². The molecule has 1 aromatic carbocycles. The number of carbonyl (C=O) groups is 1. The summed E-state index contributed by atoms with van der Waals surface area (Å²) in [6, 6.07) is 7.56. The van der Waals surface area contributed by atoms with Crippen LogP contribution < -0.4 is 20.7 Å². The lowest BCUT2D eigenvalue weighted by Gasteiger charge is -2.36. The summed E-state index contributed by atoms with van der Waals surface area (Å²) in [5.74, 6) is 1.61. The first kappa shape index (κ1) is 24.0. The van der Waals surface area contributed by atoms with Gasteiger partial charge in [0.15, 0.2) is 0 Å². The molecule has 0 bridgehead atoms. The second-order valence-electron chi connectivity index (χ2n) is 9.82. The summed E-state index contributed by atoms with van der Waals surface area (Å²) in [4.78, 5) is 28.7. The lowest BCUT2D eigenvalue weighted by atomic mass is 9.85. The van der Waals surface area contributed by atoms with Crippen molar-refractivity contribution < 1.29 is 14.6 Å². The van der Waals surface area contributed by atoms with Gasteiger partial charge in [-0.25, -0.2) is 15.0 Å². The Labute approximate surface area is 210 Å². The number of aromatic nitrogens is 3. The lowest BCUT2D eigenvalue weighted by Crippen LogP contribution is -2.57. The van der Waals surface area contributed by atoms with E-state index >= 15 is 0 Å². The van der Waals surface area contributed by atoms with Crippen molar-refractivity contribution in [3.05, 3.63) is 53.3 Å². The maximum Gasteiger partial charge on any atom is 0.252 e. The third kappa shape index (κ3) is 4.45. The predicted molar refractivity (Wildman–Crippen MR) is 138 cm³/mol. The molecule has 188 valence electrons. The molecule has 0 aliphatic carbocycles. The summed E-state index contributed by atoms with van der Waals surface area (Å²) in [5, 5.41) is 19.5. The third-order valence-electron chi connectivity index (χ3n) is 6.99. The Bertz CT molecular complexity index is 1310. The number of nitrogens with zero attached hydrogens (tertiary/aromatic N) is 4. The van der Waals surface area contributed by atoms with Gasteiger partial charge in [0.1, 0.15) is 11.6 Å². The van der Waals surface area contributed by atoms with Crippen LogP contribution in [-0.4, -0.2) is 77.3 Å². The van der Waals surface area contributed by atoms with Crippen molar-refractivity contribution in [2.75, 3.05) is 51.0 Å². The highest BCUT2D eigenvalue weighted by molar-refractivity contribution is 5.98. The first-order chi connectivity index (χ1) is 17.3. The van der Waals surface area contributed by atoms with Crippen molar-refractivity contribution in [1.82, 2.24) is 25.2 Å². The second-order valence-corrected chi connectivity index (χ2v) is 9.82. The normalized spacial score (nSPS) is 19.2. The highest BCUT2D eigenvalue weighted by Crippen LogP contribution is 2.37. The zero-order valence-electron chi connectivity index (χ0n) is 20.9. The molecule has 4 heterocycles. The minimum absolute atomic E-state index is 0.0250. The van der Waals surface area contributed by atoms with Gasteiger partial charge in [0.05, 0.1) is 25.5 Å². The van der Waals surface area contributed by atoms with Gasteiger partial charge in [0.25, 0.3) is 5.91 Å². The molecule has 0 spiro atoms. The van der Waals surface area contributed by atoms with Crippen molar-refractivity contribution in [2.24, 2.45) is 0 Å². The summed E-state index contributed by atoms with van der Waals surface area (Å²) in [6.45, 7) is 6.23. The number of anilines is 3. The molecule has 1 unspecified atom stereocenters. The maximum absolute atomic E-state index is 13.0. The lowest BCUT2D eigenvalue weighted by molar-refractivity contribution is 0.0857. The molecule has 1 fully saturated rings. The summed E-state index contributed by atoms with van der Waals surface area (Å²) in [7, 11) is 3.60. The number of methoxy groups -OCH3 is 1. The van der Waals surface area contributed by atoms with Gasteiger partial charge in [-0.15, -0.1) is 0 Å². The van der Waals surface area contributed by atoms with Crippen molar-refractivity contribution in [3.8, 4) is 17.0 Å². The molecule has 2 aliphatic heterocycles. The molecule has 0 saturated carbocycles. The number of fused-ring (bicyclic) bond motifs is 1. The third-order valence-corrected chi connectivity index (χ3v) is 6.99. The molecular formula is C26H31N7O3. The van der Waals surface area contributed by atoms with E-state index in [2.05, 4.69) is 30.8 Å². The van der Waals surface area contributed by atoms with Crippen LogP contribution in [0.15, 0.2) is 36.7 Å². The second kappa shape index (κ2) is 9.36. The molecular weight excluding hydrogens is 458 g/mol. The zero-order chi connectivity index (χ0) is 25.4. The first-order valence-corrected chi connectivity index (χ1v) is 11.9. The standard InChI is InChI=1S/C26H31N7O3/c1-15-19(24(35)30-17-11-33(3)12-17)8-18(36-4)9-22(15)32-25-27-6-5-21(31-25)16-7-20-23(28-10-16)29-13-26(20,2)14-34/h5-10,17,34H,11-14H2,1-4H3,(H,28,29)(H,30,35)(H,27,31,32). The largest absolute Gasteiger partial charge is 0.497 e. The van der Waals surface area contributed by atoms with Crippen LogP contribution in [0.1, 0.15) is 28.4 Å². The van der Waals surface area contributed by atoms with Crippen molar-refractivity contribution in [2.45, 2.75) is 25.3 Å². The summed E-state index contributed by atoms with van der Waals surface area (Å²) in [6.07, 6.45) is 3.44. The predicted octanol–water partition coefficient (Wildman–Crippen LogP) is 2.32. The number of nitrogens with one attached hydrogen (secondary N) is 3. The van der Waals surface area contributed by atoms with Crippen molar-refractivity contribution >= 4 is 23.4 Å². The van der Waals surface area contributed by atoms with Gasteiger partial charge in [-0.2, -0.15) is 0 Å². The van der Waals surface area contributed by atoms with E-state index in [1.807, 2.05) is 39.1 Å². The minimum Gasteiger partial charge on any atom is -0.497 e. The fourth-order valence-electron chi connectivity index (χ4n) is 4.65. The van der Waals surface area contributed by atoms with Crippen LogP contribution in [-0.2, 0) is 5.41 Å². The number of hydrogen-bond acceptors (Lipinski definition) is 9. The number of likely N-dealkylation sites (N-methyl/N-ethyl adjacent to an activating group) is 1. The molecule has 3 aromatic rings. The number of amides is 1. The van der Waals surface area contributed by atoms with Crippen molar-refractivity contribution in [1.29, 1.82) is 0 Å². The first-order valence-electron chi connectivity index (χ1n) is 11.9. The number of aliphatic hydroxyl groups excluding tert-OH is 1. The van der Waals surface area contributed by atoms with E-state index in [1.54, 1.807) is 25.6 Å². The number of carbonyl (C=O) groups excluding carboxylic acids is 1. The molecule has 4 N–H and O–H groups in total. The minimum atomic E-state index is -0.393. The van der Waals surface area contributed by atoms with Crippen LogP contribution in [0.5, 0.6) is 5.75 Å². The Morgan fingerprint density at radius 2 is 2.11 bits per heavy atom. The summed E-state index contributed by atoms with van der Waals surface area (Å²) >= 11 is 0. The summed E-state index contributed by atoms with van der Waals surface area (Å²) < 4.78 is 5.46. The van der Waals surface area contributed by atoms with Gasteiger partial charge < -0.3 is 30.7 Å². The van der Waals surface area contributed by atoms with E-state index in [-0.39, 0.29) is 18.6 Å². The van der Waals surface area contributed by atoms with Crippen LogP contribution in [0.2, 0.25) is 0 Å². The Balaban J connectivity index is 1.42. The molecule has 1 atom stereocenters. The van der Waals surface area contributed by atoms with E-state index < -0.39 is 5.41 Å².